The van der Waals surface area contributed by atoms with Gasteiger partial charge in [-0.3, -0.25) is 28.8 Å². The lowest BCUT2D eigenvalue weighted by atomic mass is 9.88. The van der Waals surface area contributed by atoms with Gasteiger partial charge in [-0.1, -0.05) is 106 Å². The van der Waals surface area contributed by atoms with Crippen LogP contribution in [0.5, 0.6) is 0 Å². The molecule has 0 aromatic carbocycles. The van der Waals surface area contributed by atoms with E-state index in [0.717, 1.165) is 57.8 Å². The van der Waals surface area contributed by atoms with Crippen LogP contribution in [0.4, 0.5) is 0 Å². The van der Waals surface area contributed by atoms with Gasteiger partial charge in [0.2, 0.25) is 0 Å². The summed E-state index contributed by atoms with van der Waals surface area (Å²) in [5.41, 5.74) is -0.921. The Morgan fingerprint density at radius 1 is 0.317 bits per heavy atom. The van der Waals surface area contributed by atoms with E-state index in [1.807, 2.05) is 6.92 Å². The predicted octanol–water partition coefficient (Wildman–Crippen LogP) is 12.1. The molecule has 0 heterocycles. The van der Waals surface area contributed by atoms with Gasteiger partial charge in [-0.05, 0) is 101 Å². The SMILES string of the molecule is CCC(COC(=O)CCCCCOC(=O)CCCCCC(C)C)(COC(=O)CCCCCOC(=O)CCCCCC(C)C)COC(=O)CCCCCOC(=O)CCCCCC(C)C. The molecule has 0 radical (unpaired) electrons. The van der Waals surface area contributed by atoms with Crippen molar-refractivity contribution < 1.29 is 57.2 Å². The number of hydrogen-bond acceptors (Lipinski definition) is 12. The van der Waals surface area contributed by atoms with Gasteiger partial charge in [-0.15, -0.1) is 0 Å². The van der Waals surface area contributed by atoms with Gasteiger partial charge in [-0.25, -0.2) is 0 Å². The average Bonchev–Trinajstić information content (AvgIpc) is 3.23. The molecule has 0 rings (SSSR count). The molecule has 0 amide bonds. The fourth-order valence-electron chi connectivity index (χ4n) is 6.76. The molecule has 368 valence electrons. The van der Waals surface area contributed by atoms with Crippen molar-refractivity contribution in [2.75, 3.05) is 39.6 Å². The summed E-state index contributed by atoms with van der Waals surface area (Å²) < 4.78 is 33.1. The highest BCUT2D eigenvalue weighted by Gasteiger charge is 2.34. The number of esters is 6. The van der Waals surface area contributed by atoms with E-state index in [2.05, 4.69) is 41.5 Å². The third-order valence-electron chi connectivity index (χ3n) is 11.2. The molecular formula is C51H92O12. The molecule has 0 aliphatic rings. The van der Waals surface area contributed by atoms with Gasteiger partial charge in [0.05, 0.1) is 25.2 Å². The quantitative estimate of drug-likeness (QED) is 0.0324. The van der Waals surface area contributed by atoms with E-state index in [9.17, 15) is 28.8 Å². The maximum Gasteiger partial charge on any atom is 0.305 e. The van der Waals surface area contributed by atoms with Crippen molar-refractivity contribution >= 4 is 35.8 Å². The van der Waals surface area contributed by atoms with Crippen LogP contribution < -0.4 is 0 Å². The van der Waals surface area contributed by atoms with Crippen molar-refractivity contribution in [1.29, 1.82) is 0 Å². The molecule has 63 heavy (non-hydrogen) atoms. The zero-order valence-corrected chi connectivity index (χ0v) is 41.2. The van der Waals surface area contributed by atoms with Gasteiger partial charge in [-0.2, -0.15) is 0 Å². The Balaban J connectivity index is 4.78. The third kappa shape index (κ3) is 40.1. The lowest BCUT2D eigenvalue weighted by molar-refractivity contribution is -0.163. The zero-order chi connectivity index (χ0) is 47.0. The van der Waals surface area contributed by atoms with Crippen molar-refractivity contribution in [1.82, 2.24) is 0 Å². The Labute approximate surface area is 383 Å². The van der Waals surface area contributed by atoms with Crippen LogP contribution >= 0.6 is 0 Å². The Morgan fingerprint density at radius 2 is 0.540 bits per heavy atom. The normalized spacial score (nSPS) is 11.5. The van der Waals surface area contributed by atoms with Gasteiger partial charge >= 0.3 is 35.8 Å². The predicted molar refractivity (Wildman–Crippen MR) is 248 cm³/mol. The molecule has 0 aromatic heterocycles. The number of unbranched alkanes of at least 4 members (excludes halogenated alkanes) is 12. The van der Waals surface area contributed by atoms with Crippen molar-refractivity contribution in [3.63, 3.8) is 0 Å². The first-order valence-corrected chi connectivity index (χ1v) is 25.1. The maximum absolute atomic E-state index is 12.8. The number of carbonyl (C=O) groups is 6. The van der Waals surface area contributed by atoms with Crippen molar-refractivity contribution in [3.8, 4) is 0 Å². The monoisotopic (exact) mass is 897 g/mol. The molecule has 0 aromatic rings. The van der Waals surface area contributed by atoms with Crippen LogP contribution in [0.2, 0.25) is 0 Å². The van der Waals surface area contributed by atoms with Crippen LogP contribution in [-0.4, -0.2) is 75.5 Å². The first-order valence-electron chi connectivity index (χ1n) is 25.1. The number of carbonyl (C=O) groups excluding carboxylic acids is 6. The molecule has 0 unspecified atom stereocenters. The summed E-state index contributed by atoms with van der Waals surface area (Å²) in [6.45, 7) is 15.8. The van der Waals surface area contributed by atoms with E-state index < -0.39 is 23.3 Å². The number of hydrogen-bond donors (Lipinski definition) is 0. The molecule has 0 fully saturated rings. The van der Waals surface area contributed by atoms with Crippen LogP contribution in [0.1, 0.15) is 228 Å². The smallest absolute Gasteiger partial charge is 0.305 e. The second-order valence-electron chi connectivity index (χ2n) is 18.9. The van der Waals surface area contributed by atoms with Gasteiger partial charge < -0.3 is 28.4 Å². The third-order valence-corrected chi connectivity index (χ3v) is 11.2. The van der Waals surface area contributed by atoms with Crippen LogP contribution in [0.3, 0.4) is 0 Å². The minimum atomic E-state index is -0.921. The standard InChI is InChI=1S/C51H92O12/c1-8-51(39-61-48(55)33-21-12-24-36-58-45(52)30-18-9-15-27-42(2)3,40-62-49(56)34-22-13-25-37-59-46(53)31-19-10-16-28-43(4)5)41-63-50(57)35-23-14-26-38-60-47(54)32-20-11-17-29-44(6)7/h42-44H,8-41H2,1-7H3. The van der Waals surface area contributed by atoms with Gasteiger partial charge in [0.1, 0.15) is 19.8 Å². The summed E-state index contributed by atoms with van der Waals surface area (Å²) in [5, 5.41) is 0. The Hall–Kier alpha value is -3.18. The Bertz CT molecular complexity index is 1060. The molecule has 0 N–H and O–H groups in total. The molecule has 0 saturated carbocycles. The lowest BCUT2D eigenvalue weighted by Gasteiger charge is -2.31. The van der Waals surface area contributed by atoms with Crippen molar-refractivity contribution in [3.05, 3.63) is 0 Å². The Kier molecular flexibility index (Phi) is 38.3. The topological polar surface area (TPSA) is 158 Å². The highest BCUT2D eigenvalue weighted by atomic mass is 16.6. The summed E-state index contributed by atoms with van der Waals surface area (Å²) in [5.74, 6) is 0.286. The van der Waals surface area contributed by atoms with E-state index in [1.54, 1.807) is 0 Å². The van der Waals surface area contributed by atoms with E-state index in [4.69, 9.17) is 28.4 Å². The largest absolute Gasteiger partial charge is 0.466 e. The van der Waals surface area contributed by atoms with Crippen molar-refractivity contribution in [2.24, 2.45) is 23.2 Å². The summed E-state index contributed by atoms with van der Waals surface area (Å²) in [6, 6.07) is 0. The highest BCUT2D eigenvalue weighted by Crippen LogP contribution is 2.26. The first-order chi connectivity index (χ1) is 30.2. The van der Waals surface area contributed by atoms with Gasteiger partial charge in [0, 0.05) is 38.5 Å². The molecule has 12 nitrogen and oxygen atoms in total. The molecule has 12 heteroatoms. The molecular weight excluding hydrogens is 805 g/mol. The van der Waals surface area contributed by atoms with Crippen molar-refractivity contribution in [2.45, 2.75) is 228 Å². The molecule has 0 spiro atoms. The summed E-state index contributed by atoms with van der Waals surface area (Å²) in [6.07, 6.45) is 20.6. The minimum Gasteiger partial charge on any atom is -0.466 e. The molecule has 0 saturated heterocycles. The second kappa shape index (κ2) is 40.3. The van der Waals surface area contributed by atoms with Crippen LogP contribution in [-0.2, 0) is 57.2 Å². The summed E-state index contributed by atoms with van der Waals surface area (Å²) in [4.78, 5) is 74.4. The molecule has 0 bridgehead atoms. The van der Waals surface area contributed by atoms with Gasteiger partial charge in [0.15, 0.2) is 0 Å². The summed E-state index contributed by atoms with van der Waals surface area (Å²) in [7, 11) is 0. The summed E-state index contributed by atoms with van der Waals surface area (Å²) >= 11 is 0. The maximum atomic E-state index is 12.8. The first kappa shape index (κ1) is 59.8. The highest BCUT2D eigenvalue weighted by molar-refractivity contribution is 5.71. The zero-order valence-electron chi connectivity index (χ0n) is 41.2. The molecule has 0 atom stereocenters. The van der Waals surface area contributed by atoms with E-state index in [0.29, 0.717) is 121 Å². The fourth-order valence-corrected chi connectivity index (χ4v) is 6.76. The minimum absolute atomic E-state index is 0.0795. The fraction of sp³-hybridized carbons (Fsp3) is 0.882. The van der Waals surface area contributed by atoms with E-state index in [-0.39, 0.29) is 57.0 Å². The van der Waals surface area contributed by atoms with E-state index in [1.165, 1.54) is 19.3 Å². The number of ether oxygens (including phenoxy) is 6. The Morgan fingerprint density at radius 3 is 0.762 bits per heavy atom. The van der Waals surface area contributed by atoms with Crippen LogP contribution in [0.25, 0.3) is 0 Å². The average molecular weight is 897 g/mol. The second-order valence-corrected chi connectivity index (χ2v) is 18.9. The number of rotatable bonds is 43. The van der Waals surface area contributed by atoms with Crippen LogP contribution in [0, 0.1) is 23.2 Å². The lowest BCUT2D eigenvalue weighted by Crippen LogP contribution is -2.39. The van der Waals surface area contributed by atoms with E-state index >= 15 is 0 Å². The molecule has 0 aliphatic carbocycles. The van der Waals surface area contributed by atoms with Gasteiger partial charge in [0.25, 0.3) is 0 Å². The molecule has 0 aliphatic heterocycles. The van der Waals surface area contributed by atoms with Crippen LogP contribution in [0.15, 0.2) is 0 Å².